The number of aliphatic hydroxyl groups excluding tert-OH is 6. The number of aliphatic hydroxyl groups is 6. The molecule has 2 aliphatic heterocycles. The highest BCUT2D eigenvalue weighted by atomic mass is 16.7. The van der Waals surface area contributed by atoms with Gasteiger partial charge in [0.1, 0.15) is 43.2 Å². The van der Waals surface area contributed by atoms with Crippen LogP contribution < -0.4 is 16.4 Å². The van der Waals surface area contributed by atoms with E-state index in [0.29, 0.717) is 11.5 Å². The summed E-state index contributed by atoms with van der Waals surface area (Å²) in [5.74, 6) is -2.16. The molecule has 0 bridgehead atoms. The van der Waals surface area contributed by atoms with Gasteiger partial charge >= 0.3 is 18.1 Å². The molecule has 1 aliphatic carbocycles. The SMILES string of the molecule is CCC1OC(OC2C(C)CC(NC(=O)N(CCNC(=O)OCc3ccccc3)OC(=O)c3ccccc3)C(OC3OC(CO)C(O)C(N)C3O)C2O)C(C)C(O)C1O. The molecule has 2 aromatic rings. The zero-order valence-corrected chi connectivity index (χ0v) is 32.6. The first-order chi connectivity index (χ1) is 27.7. The zero-order chi connectivity index (χ0) is 42.1. The second-order valence-corrected chi connectivity index (χ2v) is 14.9. The maximum atomic E-state index is 14.0. The molecule has 322 valence electrons. The summed E-state index contributed by atoms with van der Waals surface area (Å²) in [6.45, 7) is 3.86. The van der Waals surface area contributed by atoms with Gasteiger partial charge in [-0.2, -0.15) is 5.06 Å². The van der Waals surface area contributed by atoms with Crippen LogP contribution in [0.5, 0.6) is 0 Å². The summed E-state index contributed by atoms with van der Waals surface area (Å²) in [5.41, 5.74) is 6.92. The van der Waals surface area contributed by atoms with Crippen LogP contribution in [0.3, 0.4) is 0 Å². The van der Waals surface area contributed by atoms with Crippen molar-refractivity contribution in [3.05, 3.63) is 71.8 Å². The Morgan fingerprint density at radius 2 is 1.47 bits per heavy atom. The average molecular weight is 821 g/mol. The lowest BCUT2D eigenvalue weighted by molar-refractivity contribution is -0.329. The van der Waals surface area contributed by atoms with Crippen LogP contribution in [0.2, 0.25) is 0 Å². The van der Waals surface area contributed by atoms with Gasteiger partial charge in [-0.1, -0.05) is 69.3 Å². The molecule has 2 aromatic carbocycles. The molecule has 10 N–H and O–H groups in total. The molecular weight excluding hydrogens is 764 g/mol. The van der Waals surface area contributed by atoms with Crippen LogP contribution in [0.4, 0.5) is 9.59 Å². The first-order valence-electron chi connectivity index (χ1n) is 19.4. The summed E-state index contributed by atoms with van der Waals surface area (Å²) < 4.78 is 29.3. The molecule has 0 spiro atoms. The highest BCUT2D eigenvalue weighted by molar-refractivity contribution is 5.90. The topological polar surface area (TPSA) is 281 Å². The van der Waals surface area contributed by atoms with Gasteiger partial charge in [-0.15, -0.1) is 0 Å². The quantitative estimate of drug-likeness (QED) is 0.115. The highest BCUT2D eigenvalue weighted by Crippen LogP contribution is 2.36. The molecule has 15 atom stereocenters. The number of hydroxylamine groups is 2. The van der Waals surface area contributed by atoms with Gasteiger partial charge in [0.25, 0.3) is 0 Å². The lowest BCUT2D eigenvalue weighted by Gasteiger charge is -2.49. The normalized spacial score (nSPS) is 35.0. The Hall–Kier alpha value is -3.99. The van der Waals surface area contributed by atoms with E-state index in [9.17, 15) is 45.0 Å². The van der Waals surface area contributed by atoms with Crippen LogP contribution in [0, 0.1) is 11.8 Å². The van der Waals surface area contributed by atoms with Crippen molar-refractivity contribution in [1.29, 1.82) is 0 Å². The molecule has 5 rings (SSSR count). The number of hydrogen-bond donors (Lipinski definition) is 9. The van der Waals surface area contributed by atoms with Crippen LogP contribution in [0.1, 0.15) is 49.5 Å². The monoisotopic (exact) mass is 820 g/mol. The van der Waals surface area contributed by atoms with Gasteiger partial charge in [0.05, 0.1) is 49.1 Å². The number of ether oxygens (including phenoxy) is 5. The summed E-state index contributed by atoms with van der Waals surface area (Å²) in [7, 11) is 0. The summed E-state index contributed by atoms with van der Waals surface area (Å²) in [5, 5.41) is 70.4. The lowest BCUT2D eigenvalue weighted by atomic mass is 9.79. The van der Waals surface area contributed by atoms with E-state index in [0.717, 1.165) is 5.56 Å². The minimum atomic E-state index is -1.65. The van der Waals surface area contributed by atoms with Crippen molar-refractivity contribution in [1.82, 2.24) is 15.7 Å². The smallest absolute Gasteiger partial charge is 0.407 e. The van der Waals surface area contributed by atoms with Gasteiger partial charge in [-0.05, 0) is 36.5 Å². The second-order valence-electron chi connectivity index (χ2n) is 14.9. The number of urea groups is 1. The number of alkyl carbamates (subject to hydrolysis) is 1. The Balaban J connectivity index is 1.35. The minimum absolute atomic E-state index is 0.00994. The van der Waals surface area contributed by atoms with Crippen molar-refractivity contribution in [2.45, 2.75) is 120 Å². The number of amides is 3. The lowest BCUT2D eigenvalue weighted by Crippen LogP contribution is -2.67. The maximum absolute atomic E-state index is 14.0. The minimum Gasteiger partial charge on any atom is -0.445 e. The molecule has 0 aromatic heterocycles. The van der Waals surface area contributed by atoms with E-state index < -0.39 is 116 Å². The molecule has 3 fully saturated rings. The first kappa shape index (κ1) is 45.1. The molecule has 58 heavy (non-hydrogen) atoms. The summed E-state index contributed by atoms with van der Waals surface area (Å²) in [6.07, 6.45) is -14.7. The molecular formula is C39H56N4O15. The van der Waals surface area contributed by atoms with Crippen LogP contribution in [0.25, 0.3) is 0 Å². The molecule has 1 saturated carbocycles. The van der Waals surface area contributed by atoms with Crippen molar-refractivity contribution < 1.29 is 73.5 Å². The molecule has 19 heteroatoms. The Bertz CT molecular complexity index is 1610. The van der Waals surface area contributed by atoms with Crippen LogP contribution in [-0.2, 0) is 35.1 Å². The van der Waals surface area contributed by atoms with Gasteiger partial charge in [0, 0.05) is 12.5 Å². The number of nitrogens with two attached hydrogens (primary N) is 1. The predicted octanol–water partition coefficient (Wildman–Crippen LogP) is -0.505. The number of nitrogens with zero attached hydrogens (tertiary/aromatic N) is 1. The standard InChI is InChI=1S/C39H56N4O15/c1-4-25-30(47)28(45)21(3)36(54-25)56-33-20(2)17-24(34(32(33)49)57-37-31(48)27(40)29(46)26(18-44)55-37)42-38(51)43(58-35(50)23-13-9-6-10-14-23)16-15-41-39(52)53-19-22-11-7-5-8-12-22/h5-14,20-21,24-34,36-37,44-49H,4,15-19,40H2,1-3H3,(H,41,52)(H,42,51). The van der Waals surface area contributed by atoms with Gasteiger partial charge < -0.3 is 75.5 Å². The van der Waals surface area contributed by atoms with E-state index in [1.54, 1.807) is 63.2 Å². The molecule has 3 amide bonds. The van der Waals surface area contributed by atoms with Crippen molar-refractivity contribution in [2.75, 3.05) is 19.7 Å². The average Bonchev–Trinajstić information content (AvgIpc) is 3.22. The van der Waals surface area contributed by atoms with Gasteiger partial charge in [0.2, 0.25) is 0 Å². The molecule has 2 saturated heterocycles. The van der Waals surface area contributed by atoms with Crippen molar-refractivity contribution in [2.24, 2.45) is 17.6 Å². The van der Waals surface area contributed by atoms with E-state index in [1.807, 2.05) is 6.07 Å². The van der Waals surface area contributed by atoms with Crippen molar-refractivity contribution in [3.8, 4) is 0 Å². The van der Waals surface area contributed by atoms with Crippen LogP contribution >= 0.6 is 0 Å². The number of carbonyl (C=O) groups excluding carboxylic acids is 3. The molecule has 2 heterocycles. The molecule has 15 unspecified atom stereocenters. The number of nitrogens with one attached hydrogen (secondary N) is 2. The first-order valence-corrected chi connectivity index (χ1v) is 19.4. The van der Waals surface area contributed by atoms with E-state index in [2.05, 4.69) is 10.6 Å². The van der Waals surface area contributed by atoms with E-state index in [-0.39, 0.29) is 31.7 Å². The molecule has 0 radical (unpaired) electrons. The second kappa shape index (κ2) is 20.8. The van der Waals surface area contributed by atoms with E-state index in [1.165, 1.54) is 12.1 Å². The third kappa shape index (κ3) is 11.0. The maximum Gasteiger partial charge on any atom is 0.407 e. The Morgan fingerprint density at radius 3 is 2.12 bits per heavy atom. The Labute approximate surface area is 335 Å². The fourth-order valence-corrected chi connectivity index (χ4v) is 7.24. The van der Waals surface area contributed by atoms with E-state index >= 15 is 0 Å². The largest absolute Gasteiger partial charge is 0.445 e. The number of rotatable bonds is 13. The van der Waals surface area contributed by atoms with Gasteiger partial charge in [-0.25, -0.2) is 14.4 Å². The molecule has 3 aliphatic rings. The van der Waals surface area contributed by atoms with Crippen molar-refractivity contribution >= 4 is 18.1 Å². The number of hydrogen-bond acceptors (Lipinski definition) is 16. The van der Waals surface area contributed by atoms with Gasteiger partial charge in [0.15, 0.2) is 12.6 Å². The number of benzene rings is 2. The van der Waals surface area contributed by atoms with Crippen molar-refractivity contribution in [3.63, 3.8) is 0 Å². The van der Waals surface area contributed by atoms with Crippen LogP contribution in [0.15, 0.2) is 60.7 Å². The third-order valence-electron chi connectivity index (χ3n) is 10.7. The summed E-state index contributed by atoms with van der Waals surface area (Å²) in [6, 6.07) is 13.4. The Kier molecular flexibility index (Phi) is 16.2. The zero-order valence-electron chi connectivity index (χ0n) is 32.6. The van der Waals surface area contributed by atoms with E-state index in [4.69, 9.17) is 34.3 Å². The number of carbonyl (C=O) groups is 3. The molecule has 19 nitrogen and oxygen atoms in total. The fraction of sp³-hybridized carbons (Fsp3) is 0.615. The fourth-order valence-electron chi connectivity index (χ4n) is 7.24. The third-order valence-corrected chi connectivity index (χ3v) is 10.7. The summed E-state index contributed by atoms with van der Waals surface area (Å²) >= 11 is 0. The summed E-state index contributed by atoms with van der Waals surface area (Å²) in [4.78, 5) is 45.2. The predicted molar refractivity (Wildman–Crippen MR) is 201 cm³/mol. The Morgan fingerprint density at radius 1 is 0.828 bits per heavy atom. The van der Waals surface area contributed by atoms with Gasteiger partial charge in [-0.3, -0.25) is 0 Å². The highest BCUT2D eigenvalue weighted by Gasteiger charge is 2.52. The van der Waals surface area contributed by atoms with Crippen LogP contribution in [-0.4, -0.2) is 153 Å².